The number of halogens is 1. The van der Waals surface area contributed by atoms with E-state index in [9.17, 15) is 14.9 Å². The minimum absolute atomic E-state index is 0.00136. The largest absolute Gasteiger partial charge is 0.325 e. The number of nitrogens with zero attached hydrogens (tertiary/aromatic N) is 4. The molecule has 1 amide bonds. The molecule has 10 heteroatoms. The molecular formula is C24H20ClN5O3S. The number of nitrogens with one attached hydrogen (secondary N) is 1. The minimum atomic E-state index is -0.672. The second-order valence-corrected chi connectivity index (χ2v) is 8.90. The van der Waals surface area contributed by atoms with Crippen LogP contribution in [0.1, 0.15) is 22.2 Å². The molecule has 1 aromatic heterocycles. The number of hydrogen-bond acceptors (Lipinski definition) is 6. The first-order valence-corrected chi connectivity index (χ1v) is 11.6. The Bertz CT molecular complexity index is 1310. The van der Waals surface area contributed by atoms with Gasteiger partial charge in [-0.1, -0.05) is 84.0 Å². The van der Waals surface area contributed by atoms with E-state index in [2.05, 4.69) is 15.5 Å². The number of anilines is 1. The van der Waals surface area contributed by atoms with Crippen LogP contribution in [0.15, 0.2) is 84.0 Å². The Hall–Kier alpha value is -3.69. The maximum atomic E-state index is 13.4. The van der Waals surface area contributed by atoms with E-state index in [1.807, 2.05) is 72.2 Å². The van der Waals surface area contributed by atoms with Crippen LogP contribution in [0.2, 0.25) is 5.02 Å². The van der Waals surface area contributed by atoms with Crippen LogP contribution < -0.4 is 5.32 Å². The molecule has 0 spiro atoms. The molecule has 1 N–H and O–H groups in total. The molecule has 0 saturated carbocycles. The van der Waals surface area contributed by atoms with Crippen molar-refractivity contribution in [3.63, 3.8) is 0 Å². The first-order valence-electron chi connectivity index (χ1n) is 10.3. The van der Waals surface area contributed by atoms with E-state index in [0.29, 0.717) is 11.7 Å². The van der Waals surface area contributed by atoms with Crippen LogP contribution in [0.3, 0.4) is 0 Å². The number of benzene rings is 3. The Morgan fingerprint density at radius 3 is 2.44 bits per heavy atom. The highest BCUT2D eigenvalue weighted by Crippen LogP contribution is 2.36. The molecule has 0 bridgehead atoms. The van der Waals surface area contributed by atoms with Gasteiger partial charge in [0.2, 0.25) is 5.91 Å². The fourth-order valence-electron chi connectivity index (χ4n) is 3.34. The molecule has 1 heterocycles. The highest BCUT2D eigenvalue weighted by molar-refractivity contribution is 8.00. The molecule has 8 nitrogen and oxygen atoms in total. The van der Waals surface area contributed by atoms with Crippen molar-refractivity contribution in [2.24, 2.45) is 0 Å². The zero-order valence-electron chi connectivity index (χ0n) is 18.1. The number of carbonyl (C=O) groups is 1. The number of aromatic nitrogens is 3. The van der Waals surface area contributed by atoms with Gasteiger partial charge in [-0.3, -0.25) is 14.9 Å². The summed E-state index contributed by atoms with van der Waals surface area (Å²) in [6.07, 6.45) is 0. The first kappa shape index (κ1) is 23.5. The molecule has 4 rings (SSSR count). The Labute approximate surface area is 205 Å². The number of nitro benzene ring substituents is 1. The Morgan fingerprint density at radius 2 is 1.76 bits per heavy atom. The lowest BCUT2D eigenvalue weighted by Crippen LogP contribution is -2.20. The normalized spacial score (nSPS) is 11.7. The smallest absolute Gasteiger partial charge is 0.289 e. The average Bonchev–Trinajstić information content (AvgIpc) is 3.18. The fraction of sp³-hybridized carbons (Fsp3) is 0.125. The van der Waals surface area contributed by atoms with E-state index in [-0.39, 0.29) is 22.3 Å². The van der Waals surface area contributed by atoms with Crippen LogP contribution in [0.5, 0.6) is 0 Å². The number of carbonyl (C=O) groups excluding carboxylic acids is 1. The molecule has 0 saturated heterocycles. The van der Waals surface area contributed by atoms with Gasteiger partial charge in [-0.05, 0) is 30.2 Å². The summed E-state index contributed by atoms with van der Waals surface area (Å²) in [4.78, 5) is 24.0. The highest BCUT2D eigenvalue weighted by atomic mass is 35.5. The van der Waals surface area contributed by atoms with Gasteiger partial charge >= 0.3 is 0 Å². The number of rotatable bonds is 8. The summed E-state index contributed by atoms with van der Waals surface area (Å²) >= 11 is 7.17. The lowest BCUT2D eigenvalue weighted by atomic mass is 10.1. The van der Waals surface area contributed by atoms with Crippen molar-refractivity contribution in [2.75, 3.05) is 5.32 Å². The monoisotopic (exact) mass is 493 g/mol. The molecule has 0 radical (unpaired) electrons. The Kier molecular flexibility index (Phi) is 7.24. The Morgan fingerprint density at radius 1 is 1.09 bits per heavy atom. The first-order chi connectivity index (χ1) is 16.4. The summed E-state index contributed by atoms with van der Waals surface area (Å²) in [5.41, 5.74) is 1.85. The summed E-state index contributed by atoms with van der Waals surface area (Å²) in [5, 5.41) is 22.4. The van der Waals surface area contributed by atoms with Crippen molar-refractivity contribution >= 4 is 40.6 Å². The molecule has 1 atom stereocenters. The summed E-state index contributed by atoms with van der Waals surface area (Å²) in [6.45, 7) is 2.43. The SMILES string of the molecule is Cc1nnc(SC(C(=O)Nc2ccc(Cl)c([N+](=O)[O-])c2)c2ccccc2)n1Cc1ccccc1. The lowest BCUT2D eigenvalue weighted by Gasteiger charge is -2.17. The molecule has 3 aromatic carbocycles. The van der Waals surface area contributed by atoms with Crippen molar-refractivity contribution in [3.05, 3.63) is 111 Å². The topological polar surface area (TPSA) is 103 Å². The zero-order valence-corrected chi connectivity index (χ0v) is 19.7. The van der Waals surface area contributed by atoms with Gasteiger partial charge < -0.3 is 9.88 Å². The minimum Gasteiger partial charge on any atom is -0.325 e. The van der Waals surface area contributed by atoms with Gasteiger partial charge in [-0.25, -0.2) is 0 Å². The summed E-state index contributed by atoms with van der Waals surface area (Å²) in [6, 6.07) is 23.4. The third-order valence-corrected chi connectivity index (χ3v) is 6.61. The highest BCUT2D eigenvalue weighted by Gasteiger charge is 2.26. The van der Waals surface area contributed by atoms with Gasteiger partial charge in [-0.15, -0.1) is 10.2 Å². The third kappa shape index (κ3) is 5.44. The number of nitro groups is 1. The van der Waals surface area contributed by atoms with Crippen LogP contribution in [-0.4, -0.2) is 25.6 Å². The van der Waals surface area contributed by atoms with Crippen LogP contribution in [-0.2, 0) is 11.3 Å². The van der Waals surface area contributed by atoms with Crippen LogP contribution in [0.25, 0.3) is 0 Å². The van der Waals surface area contributed by atoms with Gasteiger partial charge in [0, 0.05) is 11.8 Å². The van der Waals surface area contributed by atoms with Gasteiger partial charge in [0.15, 0.2) is 5.16 Å². The van der Waals surface area contributed by atoms with E-state index in [4.69, 9.17) is 11.6 Å². The van der Waals surface area contributed by atoms with E-state index in [1.54, 1.807) is 0 Å². The van der Waals surface area contributed by atoms with Gasteiger partial charge in [-0.2, -0.15) is 0 Å². The zero-order chi connectivity index (χ0) is 24.1. The van der Waals surface area contributed by atoms with Gasteiger partial charge in [0.05, 0.1) is 11.5 Å². The summed E-state index contributed by atoms with van der Waals surface area (Å²) < 4.78 is 1.95. The van der Waals surface area contributed by atoms with Gasteiger partial charge in [0.25, 0.3) is 5.69 Å². The number of hydrogen-bond donors (Lipinski definition) is 1. The predicted octanol–water partition coefficient (Wildman–Crippen LogP) is 5.67. The quantitative estimate of drug-likeness (QED) is 0.193. The van der Waals surface area contributed by atoms with Crippen molar-refractivity contribution in [3.8, 4) is 0 Å². The molecule has 0 fully saturated rings. The maximum Gasteiger partial charge on any atom is 0.289 e. The van der Waals surface area contributed by atoms with Crippen molar-refractivity contribution < 1.29 is 9.72 Å². The average molecular weight is 494 g/mol. The second-order valence-electron chi connectivity index (χ2n) is 7.42. The molecule has 34 heavy (non-hydrogen) atoms. The maximum absolute atomic E-state index is 13.4. The fourth-order valence-corrected chi connectivity index (χ4v) is 4.61. The number of thioether (sulfide) groups is 1. The molecule has 4 aromatic rings. The molecule has 1 unspecified atom stereocenters. The van der Waals surface area contributed by atoms with Crippen molar-refractivity contribution in [1.29, 1.82) is 0 Å². The van der Waals surface area contributed by atoms with E-state index >= 15 is 0 Å². The number of aryl methyl sites for hydroxylation is 1. The molecule has 172 valence electrons. The summed E-state index contributed by atoms with van der Waals surface area (Å²) in [7, 11) is 0. The van der Waals surface area contributed by atoms with E-state index < -0.39 is 10.2 Å². The van der Waals surface area contributed by atoms with Crippen molar-refractivity contribution in [1.82, 2.24) is 14.8 Å². The summed E-state index contributed by atoms with van der Waals surface area (Å²) in [5.74, 6) is 0.381. The van der Waals surface area contributed by atoms with E-state index in [0.717, 1.165) is 17.0 Å². The third-order valence-electron chi connectivity index (χ3n) is 5.06. The predicted molar refractivity (Wildman–Crippen MR) is 132 cm³/mol. The Balaban J connectivity index is 1.63. The van der Waals surface area contributed by atoms with Crippen molar-refractivity contribution in [2.45, 2.75) is 23.9 Å². The number of amides is 1. The molecule has 0 aliphatic heterocycles. The van der Waals surface area contributed by atoms with Crippen LogP contribution in [0.4, 0.5) is 11.4 Å². The molecule has 0 aliphatic carbocycles. The molecular weight excluding hydrogens is 474 g/mol. The van der Waals surface area contributed by atoms with E-state index in [1.165, 1.54) is 30.0 Å². The van der Waals surface area contributed by atoms with Gasteiger partial charge in [0.1, 0.15) is 16.1 Å². The van der Waals surface area contributed by atoms with Crippen LogP contribution >= 0.6 is 23.4 Å². The molecule has 0 aliphatic rings. The van der Waals surface area contributed by atoms with Crippen LogP contribution in [0, 0.1) is 17.0 Å². The lowest BCUT2D eigenvalue weighted by molar-refractivity contribution is -0.384. The standard InChI is InChI=1S/C24H20ClN5O3S/c1-16-27-28-24(29(16)15-17-8-4-2-5-9-17)34-22(18-10-6-3-7-11-18)23(31)26-19-12-13-20(25)21(14-19)30(32)33/h2-14,22H,15H2,1H3,(H,26,31). The second kappa shape index (κ2) is 10.5.